The predicted octanol–water partition coefficient (Wildman–Crippen LogP) is 3.94. The van der Waals surface area contributed by atoms with Gasteiger partial charge >= 0.3 is 0 Å². The minimum atomic E-state index is -0.0383. The van der Waals surface area contributed by atoms with E-state index in [9.17, 15) is 4.79 Å². The Labute approximate surface area is 106 Å². The van der Waals surface area contributed by atoms with E-state index >= 15 is 0 Å². The highest BCUT2D eigenvalue weighted by atomic mass is 35.5. The van der Waals surface area contributed by atoms with E-state index in [0.717, 1.165) is 6.42 Å². The third-order valence-electron chi connectivity index (χ3n) is 2.03. The molecule has 88 valence electrons. The van der Waals surface area contributed by atoms with Gasteiger partial charge in [-0.1, -0.05) is 18.5 Å². The van der Waals surface area contributed by atoms with Gasteiger partial charge in [-0.05, 0) is 24.6 Å². The third-order valence-corrected chi connectivity index (χ3v) is 2.45. The standard InChI is InChI=1S/C12H14Cl2O2/c1-2-7-16-12-4-3-9(14)8-10(12)11(15)5-6-13/h3-4,8H,2,5-7H2,1H3. The molecule has 0 saturated heterocycles. The monoisotopic (exact) mass is 260 g/mol. The van der Waals surface area contributed by atoms with Crippen molar-refractivity contribution in [2.24, 2.45) is 0 Å². The second kappa shape index (κ2) is 6.77. The Hall–Kier alpha value is -0.730. The number of ether oxygens (including phenoxy) is 1. The fourth-order valence-electron chi connectivity index (χ4n) is 1.28. The predicted molar refractivity (Wildman–Crippen MR) is 66.9 cm³/mol. The molecule has 0 aliphatic rings. The molecule has 0 aliphatic heterocycles. The van der Waals surface area contributed by atoms with Crippen LogP contribution in [0.2, 0.25) is 5.02 Å². The molecule has 0 heterocycles. The summed E-state index contributed by atoms with van der Waals surface area (Å²) in [6.07, 6.45) is 1.19. The summed E-state index contributed by atoms with van der Waals surface area (Å²) in [6.45, 7) is 2.60. The maximum atomic E-state index is 11.8. The van der Waals surface area contributed by atoms with Crippen LogP contribution in [0.4, 0.5) is 0 Å². The molecular weight excluding hydrogens is 247 g/mol. The van der Waals surface area contributed by atoms with Crippen molar-refractivity contribution in [3.05, 3.63) is 28.8 Å². The molecular formula is C12H14Cl2O2. The highest BCUT2D eigenvalue weighted by Gasteiger charge is 2.12. The number of alkyl halides is 1. The molecule has 0 saturated carbocycles. The van der Waals surface area contributed by atoms with Crippen LogP contribution in [-0.4, -0.2) is 18.3 Å². The number of Topliss-reactive ketones (excluding diaryl/α,β-unsaturated/α-hetero) is 1. The molecule has 0 radical (unpaired) electrons. The lowest BCUT2D eigenvalue weighted by molar-refractivity contribution is 0.0985. The van der Waals surface area contributed by atoms with Crippen molar-refractivity contribution < 1.29 is 9.53 Å². The van der Waals surface area contributed by atoms with Crippen molar-refractivity contribution in [2.45, 2.75) is 19.8 Å². The zero-order valence-electron chi connectivity index (χ0n) is 9.13. The smallest absolute Gasteiger partial charge is 0.167 e. The Morgan fingerprint density at radius 2 is 2.19 bits per heavy atom. The lowest BCUT2D eigenvalue weighted by Gasteiger charge is -2.10. The number of rotatable bonds is 6. The van der Waals surface area contributed by atoms with Crippen molar-refractivity contribution in [2.75, 3.05) is 12.5 Å². The first-order chi connectivity index (χ1) is 7.69. The molecule has 0 bridgehead atoms. The number of benzene rings is 1. The number of hydrogen-bond acceptors (Lipinski definition) is 2. The van der Waals surface area contributed by atoms with Gasteiger partial charge in [-0.2, -0.15) is 0 Å². The Balaban J connectivity index is 2.93. The van der Waals surface area contributed by atoms with Gasteiger partial charge in [-0.15, -0.1) is 11.6 Å². The molecule has 1 aromatic rings. The van der Waals surface area contributed by atoms with Crippen molar-refractivity contribution in [1.29, 1.82) is 0 Å². The largest absolute Gasteiger partial charge is 0.493 e. The van der Waals surface area contributed by atoms with E-state index in [2.05, 4.69) is 0 Å². The summed E-state index contributed by atoms with van der Waals surface area (Å²) in [4.78, 5) is 11.8. The zero-order chi connectivity index (χ0) is 12.0. The Kier molecular flexibility index (Phi) is 5.64. The van der Waals surface area contributed by atoms with E-state index in [-0.39, 0.29) is 5.78 Å². The molecule has 2 nitrogen and oxygen atoms in total. The van der Waals surface area contributed by atoms with E-state index in [1.165, 1.54) is 0 Å². The second-order valence-electron chi connectivity index (χ2n) is 3.35. The van der Waals surface area contributed by atoms with Crippen LogP contribution in [0, 0.1) is 0 Å². The second-order valence-corrected chi connectivity index (χ2v) is 4.17. The molecule has 0 fully saturated rings. The molecule has 0 aliphatic carbocycles. The first kappa shape index (κ1) is 13.3. The molecule has 1 rings (SSSR count). The Morgan fingerprint density at radius 3 is 2.81 bits per heavy atom. The van der Waals surface area contributed by atoms with Gasteiger partial charge in [0.15, 0.2) is 5.78 Å². The van der Waals surface area contributed by atoms with Gasteiger partial charge in [0.05, 0.1) is 12.2 Å². The van der Waals surface area contributed by atoms with Gasteiger partial charge in [-0.3, -0.25) is 4.79 Å². The number of carbonyl (C=O) groups excluding carboxylic acids is 1. The molecule has 0 unspecified atom stereocenters. The molecule has 4 heteroatoms. The fourth-order valence-corrected chi connectivity index (χ4v) is 1.62. The summed E-state index contributed by atoms with van der Waals surface area (Å²) in [7, 11) is 0. The molecule has 16 heavy (non-hydrogen) atoms. The van der Waals surface area contributed by atoms with Gasteiger partial charge in [-0.25, -0.2) is 0 Å². The maximum Gasteiger partial charge on any atom is 0.167 e. The van der Waals surface area contributed by atoms with Crippen LogP contribution in [0.15, 0.2) is 18.2 Å². The lowest BCUT2D eigenvalue weighted by Crippen LogP contribution is -2.05. The van der Waals surface area contributed by atoms with Gasteiger partial charge in [0.2, 0.25) is 0 Å². The van der Waals surface area contributed by atoms with E-state index in [0.29, 0.717) is 35.2 Å². The van der Waals surface area contributed by atoms with Crippen LogP contribution >= 0.6 is 23.2 Å². The van der Waals surface area contributed by atoms with Crippen molar-refractivity contribution >= 4 is 29.0 Å². The summed E-state index contributed by atoms with van der Waals surface area (Å²) in [5.74, 6) is 0.850. The molecule has 0 aromatic heterocycles. The highest BCUT2D eigenvalue weighted by molar-refractivity contribution is 6.31. The lowest BCUT2D eigenvalue weighted by atomic mass is 10.1. The topological polar surface area (TPSA) is 26.3 Å². The first-order valence-electron chi connectivity index (χ1n) is 5.20. The summed E-state index contributed by atoms with van der Waals surface area (Å²) in [5.41, 5.74) is 0.515. The summed E-state index contributed by atoms with van der Waals surface area (Å²) >= 11 is 11.4. The normalized spacial score (nSPS) is 10.2. The molecule has 0 amide bonds. The van der Waals surface area contributed by atoms with Crippen LogP contribution in [-0.2, 0) is 0 Å². The van der Waals surface area contributed by atoms with Gasteiger partial charge in [0.1, 0.15) is 5.75 Å². The van der Waals surface area contributed by atoms with E-state index in [4.69, 9.17) is 27.9 Å². The minimum absolute atomic E-state index is 0.0383. The fraction of sp³-hybridized carbons (Fsp3) is 0.417. The van der Waals surface area contributed by atoms with Gasteiger partial charge in [0.25, 0.3) is 0 Å². The van der Waals surface area contributed by atoms with E-state index < -0.39 is 0 Å². The molecule has 0 spiro atoms. The summed E-state index contributed by atoms with van der Waals surface area (Å²) < 4.78 is 5.49. The van der Waals surface area contributed by atoms with Crippen molar-refractivity contribution in [3.8, 4) is 5.75 Å². The summed E-state index contributed by atoms with van der Waals surface area (Å²) in [6, 6.07) is 5.06. The SMILES string of the molecule is CCCOc1ccc(Cl)cc1C(=O)CCCl. The number of halogens is 2. The Morgan fingerprint density at radius 1 is 1.44 bits per heavy atom. The quantitative estimate of drug-likeness (QED) is 0.572. The minimum Gasteiger partial charge on any atom is -0.493 e. The average Bonchev–Trinajstić information content (AvgIpc) is 2.27. The highest BCUT2D eigenvalue weighted by Crippen LogP contribution is 2.24. The molecule has 1 aromatic carbocycles. The van der Waals surface area contributed by atoms with Crippen molar-refractivity contribution in [3.63, 3.8) is 0 Å². The maximum absolute atomic E-state index is 11.8. The number of carbonyl (C=O) groups is 1. The van der Waals surface area contributed by atoms with E-state index in [1.807, 2.05) is 6.92 Å². The summed E-state index contributed by atoms with van der Waals surface area (Å²) in [5, 5.41) is 0.529. The van der Waals surface area contributed by atoms with Crippen LogP contribution in [0.25, 0.3) is 0 Å². The van der Waals surface area contributed by atoms with Crippen molar-refractivity contribution in [1.82, 2.24) is 0 Å². The third kappa shape index (κ3) is 3.69. The van der Waals surface area contributed by atoms with Crippen LogP contribution in [0.5, 0.6) is 5.75 Å². The Bertz CT molecular complexity index is 364. The van der Waals surface area contributed by atoms with Gasteiger partial charge < -0.3 is 4.74 Å². The van der Waals surface area contributed by atoms with Crippen LogP contribution in [0.3, 0.4) is 0 Å². The van der Waals surface area contributed by atoms with Gasteiger partial charge in [0, 0.05) is 17.3 Å². The molecule has 0 atom stereocenters. The average molecular weight is 261 g/mol. The van der Waals surface area contributed by atoms with Crippen LogP contribution < -0.4 is 4.74 Å². The van der Waals surface area contributed by atoms with E-state index in [1.54, 1.807) is 18.2 Å². The zero-order valence-corrected chi connectivity index (χ0v) is 10.6. The molecule has 0 N–H and O–H groups in total. The number of ketones is 1. The van der Waals surface area contributed by atoms with Crippen LogP contribution in [0.1, 0.15) is 30.1 Å². The first-order valence-corrected chi connectivity index (χ1v) is 6.11. The number of hydrogen-bond donors (Lipinski definition) is 0.